The average molecular weight is 412 g/mol. The minimum Gasteiger partial charge on any atom is -0.464 e. The fourth-order valence-electron chi connectivity index (χ4n) is 2.37. The molecule has 0 spiro atoms. The Morgan fingerprint density at radius 3 is 2.69 bits per heavy atom. The predicted molar refractivity (Wildman–Crippen MR) is 102 cm³/mol. The Balaban J connectivity index is 1.63. The smallest absolute Gasteiger partial charge is 0.350 e. The molecule has 0 aliphatic rings. The lowest BCUT2D eigenvalue weighted by atomic mass is 10.2. The second kappa shape index (κ2) is 7.70. The molecule has 0 N–H and O–H groups in total. The summed E-state index contributed by atoms with van der Waals surface area (Å²) >= 11 is 13.4. The SMILES string of the molecule is Cc1ccc(CN(C)C(=O)COC(=O)c2sc3cc(Cl)ccc3c2Cl)o1. The maximum atomic E-state index is 12.3. The van der Waals surface area contributed by atoms with Crippen molar-refractivity contribution in [1.82, 2.24) is 4.90 Å². The number of carbonyl (C=O) groups excluding carboxylic acids is 2. The molecule has 0 atom stereocenters. The Morgan fingerprint density at radius 1 is 1.23 bits per heavy atom. The first-order valence-corrected chi connectivity index (χ1v) is 9.26. The van der Waals surface area contributed by atoms with Crippen LogP contribution in [-0.4, -0.2) is 30.4 Å². The van der Waals surface area contributed by atoms with Gasteiger partial charge in [-0.1, -0.05) is 29.3 Å². The summed E-state index contributed by atoms with van der Waals surface area (Å²) in [4.78, 5) is 26.1. The van der Waals surface area contributed by atoms with Gasteiger partial charge >= 0.3 is 5.97 Å². The van der Waals surface area contributed by atoms with Gasteiger partial charge in [-0.05, 0) is 31.2 Å². The second-order valence-electron chi connectivity index (χ2n) is 5.72. The lowest BCUT2D eigenvalue weighted by Gasteiger charge is -2.15. The van der Waals surface area contributed by atoms with E-state index in [9.17, 15) is 9.59 Å². The van der Waals surface area contributed by atoms with E-state index in [4.69, 9.17) is 32.4 Å². The maximum absolute atomic E-state index is 12.3. The van der Waals surface area contributed by atoms with Gasteiger partial charge in [-0.25, -0.2) is 4.79 Å². The molecular weight excluding hydrogens is 397 g/mol. The van der Waals surface area contributed by atoms with Crippen LogP contribution in [0.3, 0.4) is 0 Å². The molecule has 0 aliphatic heterocycles. The summed E-state index contributed by atoms with van der Waals surface area (Å²) in [5.74, 6) is 0.455. The second-order valence-corrected chi connectivity index (χ2v) is 7.59. The molecule has 0 aliphatic carbocycles. The van der Waals surface area contributed by atoms with Gasteiger partial charge < -0.3 is 14.1 Å². The summed E-state index contributed by atoms with van der Waals surface area (Å²) in [5, 5.41) is 1.59. The Hall–Kier alpha value is -2.02. The van der Waals surface area contributed by atoms with Gasteiger partial charge in [0.25, 0.3) is 5.91 Å². The van der Waals surface area contributed by atoms with Crippen LogP contribution in [0.2, 0.25) is 10.0 Å². The molecule has 0 saturated carbocycles. The minimum atomic E-state index is -0.636. The van der Waals surface area contributed by atoms with Gasteiger partial charge in [0.05, 0.1) is 11.6 Å². The number of likely N-dealkylation sites (N-methyl/N-ethyl adjacent to an activating group) is 1. The number of rotatable bonds is 5. The Bertz CT molecular complexity index is 979. The number of esters is 1. The minimum absolute atomic E-state index is 0.251. The Kier molecular flexibility index (Phi) is 5.55. The van der Waals surface area contributed by atoms with Crippen molar-refractivity contribution >= 4 is 56.5 Å². The number of benzene rings is 1. The molecule has 8 heteroatoms. The van der Waals surface area contributed by atoms with Crippen LogP contribution >= 0.6 is 34.5 Å². The molecule has 0 fully saturated rings. The number of fused-ring (bicyclic) bond motifs is 1. The quantitative estimate of drug-likeness (QED) is 0.558. The van der Waals surface area contributed by atoms with Crippen LogP contribution in [0.1, 0.15) is 21.2 Å². The first kappa shape index (κ1) is 18.8. The van der Waals surface area contributed by atoms with E-state index in [1.54, 1.807) is 31.3 Å². The van der Waals surface area contributed by atoms with Gasteiger partial charge in [0, 0.05) is 22.2 Å². The molecule has 136 valence electrons. The first-order chi connectivity index (χ1) is 12.3. The zero-order valence-corrected chi connectivity index (χ0v) is 16.4. The number of nitrogens with zero attached hydrogens (tertiary/aromatic N) is 1. The average Bonchev–Trinajstić information content (AvgIpc) is 3.15. The van der Waals surface area contributed by atoms with Crippen LogP contribution < -0.4 is 0 Å². The fraction of sp³-hybridized carbons (Fsp3) is 0.222. The molecule has 1 aromatic carbocycles. The van der Waals surface area contributed by atoms with Gasteiger partial charge in [-0.2, -0.15) is 0 Å². The topological polar surface area (TPSA) is 59.8 Å². The molecule has 0 saturated heterocycles. The summed E-state index contributed by atoms with van der Waals surface area (Å²) in [6.45, 7) is 1.75. The van der Waals surface area contributed by atoms with Gasteiger partial charge in [0.2, 0.25) is 0 Å². The monoisotopic (exact) mass is 411 g/mol. The molecule has 5 nitrogen and oxygen atoms in total. The van der Waals surface area contributed by atoms with Crippen molar-refractivity contribution < 1.29 is 18.7 Å². The van der Waals surface area contributed by atoms with Gasteiger partial charge in [-0.15, -0.1) is 11.3 Å². The van der Waals surface area contributed by atoms with E-state index in [0.717, 1.165) is 15.8 Å². The van der Waals surface area contributed by atoms with Crippen molar-refractivity contribution in [2.24, 2.45) is 0 Å². The number of hydrogen-bond donors (Lipinski definition) is 0. The van der Waals surface area contributed by atoms with Crippen LogP contribution in [0.15, 0.2) is 34.7 Å². The summed E-state index contributed by atoms with van der Waals surface area (Å²) in [6, 6.07) is 8.80. The molecule has 0 unspecified atom stereocenters. The summed E-state index contributed by atoms with van der Waals surface area (Å²) in [7, 11) is 1.61. The standard InChI is InChI=1S/C18H15Cl2NO4S/c1-10-3-5-12(25-10)8-21(2)15(22)9-24-18(23)17-16(20)13-6-4-11(19)7-14(13)26-17/h3-7H,8-9H2,1-2H3. The van der Waals surface area contributed by atoms with E-state index in [0.29, 0.717) is 22.4 Å². The van der Waals surface area contributed by atoms with E-state index < -0.39 is 5.97 Å². The molecule has 3 rings (SSSR count). The number of halogens is 2. The number of amides is 1. The third kappa shape index (κ3) is 4.03. The van der Waals surface area contributed by atoms with Crippen LogP contribution in [0.25, 0.3) is 10.1 Å². The zero-order chi connectivity index (χ0) is 18.8. The highest BCUT2D eigenvalue weighted by molar-refractivity contribution is 7.21. The van der Waals surface area contributed by atoms with E-state index in [-0.39, 0.29) is 17.4 Å². The molecule has 2 heterocycles. The number of thiophene rings is 1. The lowest BCUT2D eigenvalue weighted by molar-refractivity contribution is -0.133. The van der Waals surface area contributed by atoms with E-state index >= 15 is 0 Å². The van der Waals surface area contributed by atoms with Crippen molar-refractivity contribution in [2.45, 2.75) is 13.5 Å². The van der Waals surface area contributed by atoms with Crippen molar-refractivity contribution in [3.05, 3.63) is 56.8 Å². The normalized spacial score (nSPS) is 10.9. The number of hydrogen-bond acceptors (Lipinski definition) is 5. The molecule has 0 radical (unpaired) electrons. The number of aryl methyl sites for hydroxylation is 1. The summed E-state index contributed by atoms with van der Waals surface area (Å²) in [6.07, 6.45) is 0. The van der Waals surface area contributed by atoms with Crippen molar-refractivity contribution in [1.29, 1.82) is 0 Å². The van der Waals surface area contributed by atoms with E-state index in [2.05, 4.69) is 0 Å². The zero-order valence-electron chi connectivity index (χ0n) is 14.0. The van der Waals surface area contributed by atoms with Crippen molar-refractivity contribution in [3.8, 4) is 0 Å². The molecule has 1 amide bonds. The van der Waals surface area contributed by atoms with E-state index in [1.807, 2.05) is 13.0 Å². The highest BCUT2D eigenvalue weighted by atomic mass is 35.5. The lowest BCUT2D eigenvalue weighted by Crippen LogP contribution is -2.30. The van der Waals surface area contributed by atoms with E-state index in [1.165, 1.54) is 16.2 Å². The van der Waals surface area contributed by atoms with Crippen LogP contribution in [0, 0.1) is 6.92 Å². The van der Waals surface area contributed by atoms with Crippen LogP contribution in [0.5, 0.6) is 0 Å². The Morgan fingerprint density at radius 2 is 2.00 bits per heavy atom. The summed E-state index contributed by atoms with van der Waals surface area (Å²) in [5.41, 5.74) is 0. The van der Waals surface area contributed by atoms with Crippen molar-refractivity contribution in [3.63, 3.8) is 0 Å². The van der Waals surface area contributed by atoms with Gasteiger partial charge in [0.15, 0.2) is 6.61 Å². The molecule has 3 aromatic rings. The van der Waals surface area contributed by atoms with Crippen molar-refractivity contribution in [2.75, 3.05) is 13.7 Å². The Labute approximate surface area is 164 Å². The molecule has 2 aromatic heterocycles. The third-order valence-corrected chi connectivity index (χ3v) is 5.59. The first-order valence-electron chi connectivity index (χ1n) is 7.69. The van der Waals surface area contributed by atoms with Crippen LogP contribution in [0.4, 0.5) is 0 Å². The van der Waals surface area contributed by atoms with Gasteiger partial charge in [0.1, 0.15) is 16.4 Å². The number of carbonyl (C=O) groups is 2. The van der Waals surface area contributed by atoms with Gasteiger partial charge in [-0.3, -0.25) is 4.79 Å². The highest BCUT2D eigenvalue weighted by Crippen LogP contribution is 2.37. The molecule has 26 heavy (non-hydrogen) atoms. The predicted octanol–water partition coefficient (Wildman–Crippen LogP) is 4.92. The fourth-order valence-corrected chi connectivity index (χ4v) is 4.04. The number of furan rings is 1. The number of ether oxygens (including phenoxy) is 1. The molecule has 0 bridgehead atoms. The highest BCUT2D eigenvalue weighted by Gasteiger charge is 2.20. The largest absolute Gasteiger partial charge is 0.464 e. The summed E-state index contributed by atoms with van der Waals surface area (Å²) < 4.78 is 11.3. The van der Waals surface area contributed by atoms with Crippen LogP contribution in [-0.2, 0) is 16.1 Å². The third-order valence-electron chi connectivity index (χ3n) is 3.72. The molecular formula is C18H15Cl2NO4S. The maximum Gasteiger partial charge on any atom is 0.350 e.